The SMILES string of the molecule is c1ccc([SiH2][SiH2][SiH2][SiH2][SiH2][SiH2]c2ccccc2)cc1. The summed E-state index contributed by atoms with van der Waals surface area (Å²) < 4.78 is 0. The van der Waals surface area contributed by atoms with E-state index in [1.54, 1.807) is 10.4 Å². The lowest BCUT2D eigenvalue weighted by atomic mass is 10.4. The Hall–Kier alpha value is -0.259. The van der Waals surface area contributed by atoms with Crippen molar-refractivity contribution in [2.75, 3.05) is 0 Å². The summed E-state index contributed by atoms with van der Waals surface area (Å²) in [6, 6.07) is 22.8. The van der Waals surface area contributed by atoms with E-state index in [1.807, 2.05) is 0 Å². The van der Waals surface area contributed by atoms with Gasteiger partial charge in [-0.05, 0) is 34.2 Å². The van der Waals surface area contributed by atoms with E-state index in [-0.39, 0.29) is 18.1 Å². The van der Waals surface area contributed by atoms with Gasteiger partial charge in [-0.2, -0.15) is 0 Å². The molecule has 0 bridgehead atoms. The molecule has 0 nitrogen and oxygen atoms in total. The van der Waals surface area contributed by atoms with Crippen LogP contribution in [0.4, 0.5) is 0 Å². The first-order valence-electron chi connectivity index (χ1n) is 7.03. The number of hydrogen-bond acceptors (Lipinski definition) is 0. The molecule has 0 radical (unpaired) electrons. The Bertz CT molecular complexity index is 389. The molecular formula is C12H22Si6. The maximum Gasteiger partial charge on any atom is 0.0389 e. The van der Waals surface area contributed by atoms with Gasteiger partial charge in [0.2, 0.25) is 0 Å². The van der Waals surface area contributed by atoms with Crippen LogP contribution in [-0.4, -0.2) is 52.3 Å². The zero-order chi connectivity index (χ0) is 12.5. The van der Waals surface area contributed by atoms with Crippen molar-refractivity contribution < 1.29 is 0 Å². The van der Waals surface area contributed by atoms with Gasteiger partial charge in [0.05, 0.1) is 0 Å². The molecule has 94 valence electrons. The first-order valence-corrected chi connectivity index (χ1v) is 28.4. The van der Waals surface area contributed by atoms with E-state index in [2.05, 4.69) is 60.7 Å². The molecule has 2 aromatic carbocycles. The van der Waals surface area contributed by atoms with E-state index >= 15 is 0 Å². The van der Waals surface area contributed by atoms with Gasteiger partial charge in [-0.25, -0.2) is 0 Å². The first-order chi connectivity index (χ1) is 8.95. The van der Waals surface area contributed by atoms with Crippen LogP contribution in [-0.2, 0) is 0 Å². The van der Waals surface area contributed by atoms with Crippen LogP contribution in [0.5, 0.6) is 0 Å². The molecule has 0 heterocycles. The Morgan fingerprint density at radius 2 is 0.833 bits per heavy atom. The van der Waals surface area contributed by atoms with E-state index in [0.717, 1.165) is 0 Å². The van der Waals surface area contributed by atoms with Gasteiger partial charge in [0.15, 0.2) is 0 Å². The Morgan fingerprint density at radius 3 is 1.22 bits per heavy atom. The third-order valence-corrected chi connectivity index (χ3v) is 78.1. The van der Waals surface area contributed by atoms with E-state index < -0.39 is 0 Å². The minimum absolute atomic E-state index is 0.271. The third kappa shape index (κ3) is 5.59. The van der Waals surface area contributed by atoms with E-state index in [1.165, 1.54) is 0 Å². The largest absolute Gasteiger partial charge is 0.0704 e. The topological polar surface area (TPSA) is 0 Å². The molecule has 0 aliphatic carbocycles. The highest BCUT2D eigenvalue weighted by atomic mass is 29.9. The monoisotopic (exact) mass is 334 g/mol. The molecule has 2 rings (SSSR count). The van der Waals surface area contributed by atoms with Gasteiger partial charge in [0.25, 0.3) is 0 Å². The molecule has 0 unspecified atom stereocenters. The molecule has 0 aliphatic heterocycles. The summed E-state index contributed by atoms with van der Waals surface area (Å²) in [5.41, 5.74) is 0. The van der Waals surface area contributed by atoms with Gasteiger partial charge < -0.3 is 0 Å². The van der Waals surface area contributed by atoms with Crippen LogP contribution in [0.25, 0.3) is 0 Å². The van der Waals surface area contributed by atoms with Gasteiger partial charge in [0.1, 0.15) is 0 Å². The molecule has 0 spiro atoms. The van der Waals surface area contributed by atoms with Gasteiger partial charge in [-0.1, -0.05) is 71.0 Å². The lowest BCUT2D eigenvalue weighted by Crippen LogP contribution is -2.33. The number of rotatable bonds is 7. The van der Waals surface area contributed by atoms with Crippen LogP contribution in [0, 0.1) is 0 Å². The molecule has 18 heavy (non-hydrogen) atoms. The fourth-order valence-electron chi connectivity index (χ4n) is 2.30. The molecule has 0 amide bonds. The van der Waals surface area contributed by atoms with E-state index in [9.17, 15) is 0 Å². The quantitative estimate of drug-likeness (QED) is 0.360. The fraction of sp³-hybridized carbons (Fsp3) is 0. The van der Waals surface area contributed by atoms with Crippen molar-refractivity contribution in [3.05, 3.63) is 60.7 Å². The molecule has 0 saturated heterocycles. The summed E-state index contributed by atoms with van der Waals surface area (Å²) >= 11 is 0. The van der Waals surface area contributed by atoms with Crippen LogP contribution >= 0.6 is 0 Å². The summed E-state index contributed by atoms with van der Waals surface area (Å²) in [7, 11) is 2.74. The van der Waals surface area contributed by atoms with Crippen molar-refractivity contribution in [1.82, 2.24) is 0 Å². The molecular weight excluding hydrogens is 313 g/mol. The molecule has 0 N–H and O–H groups in total. The highest BCUT2D eigenvalue weighted by Gasteiger charge is 1.97. The average Bonchev–Trinajstić information content (AvgIpc) is 2.45. The summed E-state index contributed by atoms with van der Waals surface area (Å²) in [4.78, 5) is 0. The maximum atomic E-state index is 2.38. The Labute approximate surface area is 123 Å². The minimum Gasteiger partial charge on any atom is -0.0704 e. The van der Waals surface area contributed by atoms with Gasteiger partial charge in [-0.15, -0.1) is 0 Å². The second-order valence-corrected chi connectivity index (χ2v) is 47.3. The molecule has 0 saturated carbocycles. The molecule has 0 atom stereocenters. The van der Waals surface area contributed by atoms with Crippen LogP contribution in [0.15, 0.2) is 60.7 Å². The summed E-state index contributed by atoms with van der Waals surface area (Å²) in [6.45, 7) is 0. The van der Waals surface area contributed by atoms with Gasteiger partial charge >= 0.3 is 0 Å². The summed E-state index contributed by atoms with van der Waals surface area (Å²) in [5.74, 6) is 0. The second-order valence-electron chi connectivity index (χ2n) is 4.89. The van der Waals surface area contributed by atoms with Crippen LogP contribution < -0.4 is 10.4 Å². The zero-order valence-corrected chi connectivity index (χ0v) is 19.5. The molecule has 0 fully saturated rings. The minimum atomic E-state index is 0.271. The van der Waals surface area contributed by atoms with Crippen molar-refractivity contribution in [2.24, 2.45) is 0 Å². The lowest BCUT2D eigenvalue weighted by molar-refractivity contribution is 1.77. The predicted molar refractivity (Wildman–Crippen MR) is 103 cm³/mol. The normalized spacial score (nSPS) is 14.4. The highest BCUT2D eigenvalue weighted by molar-refractivity contribution is 7.60. The molecule has 0 aliphatic rings. The van der Waals surface area contributed by atoms with Crippen molar-refractivity contribution in [2.45, 2.75) is 0 Å². The Kier molecular flexibility index (Phi) is 6.90. The van der Waals surface area contributed by atoms with Crippen molar-refractivity contribution in [3.63, 3.8) is 0 Å². The van der Waals surface area contributed by atoms with Gasteiger partial charge in [0, 0.05) is 18.1 Å². The average molecular weight is 335 g/mol. The zero-order valence-electron chi connectivity index (χ0n) is 11.0. The summed E-state index contributed by atoms with van der Waals surface area (Å²) in [5, 5.41) is 3.51. The van der Waals surface area contributed by atoms with Crippen molar-refractivity contribution in [3.8, 4) is 0 Å². The predicted octanol–water partition coefficient (Wildman–Crippen LogP) is -3.77. The number of benzene rings is 2. The van der Waals surface area contributed by atoms with Crippen LogP contribution in [0.3, 0.4) is 0 Å². The van der Waals surface area contributed by atoms with Gasteiger partial charge in [-0.3, -0.25) is 0 Å². The second kappa shape index (κ2) is 8.78. The van der Waals surface area contributed by atoms with Crippen molar-refractivity contribution >= 4 is 62.7 Å². The first kappa shape index (κ1) is 14.2. The highest BCUT2D eigenvalue weighted by Crippen LogP contribution is 1.81. The Morgan fingerprint density at radius 1 is 0.444 bits per heavy atom. The Balaban J connectivity index is 1.54. The van der Waals surface area contributed by atoms with Crippen LogP contribution in [0.2, 0.25) is 0 Å². The fourth-order valence-corrected chi connectivity index (χ4v) is 122. The van der Waals surface area contributed by atoms with E-state index in [4.69, 9.17) is 0 Å². The summed E-state index contributed by atoms with van der Waals surface area (Å²) in [6.07, 6.45) is 0. The molecule has 0 aromatic heterocycles. The third-order valence-electron chi connectivity index (χ3n) is 3.37. The smallest absolute Gasteiger partial charge is 0.0389 e. The van der Waals surface area contributed by atoms with Crippen LogP contribution in [0.1, 0.15) is 0 Å². The molecule has 6 heteroatoms. The lowest BCUT2D eigenvalue weighted by Gasteiger charge is -2.00. The number of hydrogen-bond donors (Lipinski definition) is 0. The standard InChI is InChI=1S/C12H22Si6/c1-3-7-11(8-4-1)13-15-17-18-16-14-12-9-5-2-6-10-12/h1-10H,13-18H2. The maximum absolute atomic E-state index is 2.38. The van der Waals surface area contributed by atoms with E-state index in [0.29, 0.717) is 34.2 Å². The van der Waals surface area contributed by atoms with Crippen molar-refractivity contribution in [1.29, 1.82) is 0 Å². The molecule has 2 aromatic rings.